The van der Waals surface area contributed by atoms with Gasteiger partial charge < -0.3 is 20.4 Å². The van der Waals surface area contributed by atoms with E-state index in [1.165, 1.54) is 4.57 Å². The lowest BCUT2D eigenvalue weighted by Crippen LogP contribution is -2.23. The van der Waals surface area contributed by atoms with Crippen LogP contribution in [0.25, 0.3) is 16.9 Å². The van der Waals surface area contributed by atoms with Gasteiger partial charge in [-0.3, -0.25) is 0 Å². The van der Waals surface area contributed by atoms with E-state index in [1.54, 1.807) is 13.3 Å². The second-order valence-corrected chi connectivity index (χ2v) is 5.70. The van der Waals surface area contributed by atoms with Crippen LogP contribution >= 0.6 is 0 Å². The monoisotopic (exact) mass is 326 g/mol. The fraction of sp³-hybridized carbons (Fsp3) is 0.312. The van der Waals surface area contributed by atoms with Crippen molar-refractivity contribution < 1.29 is 4.74 Å². The summed E-state index contributed by atoms with van der Waals surface area (Å²) in [6, 6.07) is 7.65. The summed E-state index contributed by atoms with van der Waals surface area (Å²) in [5.41, 5.74) is 1.47. The predicted molar refractivity (Wildman–Crippen MR) is 90.9 cm³/mol. The first-order chi connectivity index (χ1) is 11.8. The molecule has 3 aromatic rings. The lowest BCUT2D eigenvalue weighted by atomic mass is 10.3. The number of hydrogen-bond acceptors (Lipinski definition) is 6. The number of hydrogen-bond donors (Lipinski definition) is 3. The van der Waals surface area contributed by atoms with E-state index in [0.29, 0.717) is 34.6 Å². The molecule has 1 fully saturated rings. The molecular weight excluding hydrogens is 308 g/mol. The van der Waals surface area contributed by atoms with E-state index in [1.807, 2.05) is 24.3 Å². The number of benzene rings is 1. The van der Waals surface area contributed by atoms with Crippen LogP contribution in [0.3, 0.4) is 0 Å². The fourth-order valence-electron chi connectivity index (χ4n) is 2.97. The lowest BCUT2D eigenvalue weighted by Gasteiger charge is -2.12. The van der Waals surface area contributed by atoms with Crippen LogP contribution in [0.5, 0.6) is 5.75 Å². The molecule has 0 spiro atoms. The number of para-hydroxylation sites is 2. The predicted octanol–water partition coefficient (Wildman–Crippen LogP) is 0.891. The summed E-state index contributed by atoms with van der Waals surface area (Å²) >= 11 is 0. The van der Waals surface area contributed by atoms with Crippen LogP contribution in [0.1, 0.15) is 6.42 Å². The summed E-state index contributed by atoms with van der Waals surface area (Å²) in [6.07, 6.45) is 2.65. The van der Waals surface area contributed by atoms with Gasteiger partial charge in [-0.1, -0.05) is 12.1 Å². The average molecular weight is 326 g/mol. The van der Waals surface area contributed by atoms with Crippen LogP contribution in [-0.2, 0) is 0 Å². The minimum atomic E-state index is -0.275. The maximum atomic E-state index is 12.4. The van der Waals surface area contributed by atoms with Crippen molar-refractivity contribution >= 4 is 17.1 Å². The third-order valence-electron chi connectivity index (χ3n) is 4.14. The van der Waals surface area contributed by atoms with Gasteiger partial charge in [0.05, 0.1) is 19.0 Å². The Morgan fingerprint density at radius 3 is 3.04 bits per heavy atom. The molecule has 0 radical (unpaired) electrons. The quantitative estimate of drug-likeness (QED) is 0.659. The highest BCUT2D eigenvalue weighted by Gasteiger charge is 2.18. The molecule has 4 rings (SSSR count). The van der Waals surface area contributed by atoms with Gasteiger partial charge in [0.2, 0.25) is 5.95 Å². The number of fused-ring (bicyclic) bond motifs is 1. The van der Waals surface area contributed by atoms with Crippen molar-refractivity contribution in [2.24, 2.45) is 0 Å². The Bertz CT molecular complexity index is 926. The van der Waals surface area contributed by atoms with Crippen molar-refractivity contribution in [2.75, 3.05) is 25.5 Å². The third kappa shape index (κ3) is 2.50. The van der Waals surface area contributed by atoms with Crippen LogP contribution in [0.15, 0.2) is 35.3 Å². The molecule has 2 aromatic heterocycles. The zero-order valence-corrected chi connectivity index (χ0v) is 13.2. The van der Waals surface area contributed by atoms with Crippen LogP contribution in [-0.4, -0.2) is 45.8 Å². The van der Waals surface area contributed by atoms with E-state index < -0.39 is 0 Å². The molecule has 0 unspecified atom stereocenters. The van der Waals surface area contributed by atoms with E-state index in [9.17, 15) is 4.79 Å². The molecule has 124 valence electrons. The molecule has 3 N–H and O–H groups in total. The molecule has 0 aliphatic carbocycles. The molecule has 8 heteroatoms. The van der Waals surface area contributed by atoms with Gasteiger partial charge >= 0.3 is 5.69 Å². The molecule has 24 heavy (non-hydrogen) atoms. The van der Waals surface area contributed by atoms with Gasteiger partial charge in [0.15, 0.2) is 5.65 Å². The van der Waals surface area contributed by atoms with Crippen LogP contribution in [0.4, 0.5) is 5.95 Å². The van der Waals surface area contributed by atoms with E-state index in [0.717, 1.165) is 19.5 Å². The minimum absolute atomic E-state index is 0.275. The van der Waals surface area contributed by atoms with Crippen molar-refractivity contribution in [3.05, 3.63) is 40.9 Å². The molecule has 3 heterocycles. The maximum Gasteiger partial charge on any atom is 0.332 e. The molecular formula is C16H18N6O2. The number of aromatic amines is 1. The molecule has 0 amide bonds. The highest BCUT2D eigenvalue weighted by atomic mass is 16.5. The van der Waals surface area contributed by atoms with Gasteiger partial charge in [0.25, 0.3) is 0 Å². The number of rotatable bonds is 4. The Morgan fingerprint density at radius 1 is 1.38 bits per heavy atom. The van der Waals surface area contributed by atoms with Crippen molar-refractivity contribution in [3.8, 4) is 11.4 Å². The van der Waals surface area contributed by atoms with Gasteiger partial charge in [0.1, 0.15) is 11.3 Å². The first kappa shape index (κ1) is 14.7. The van der Waals surface area contributed by atoms with Crippen molar-refractivity contribution in [3.63, 3.8) is 0 Å². The molecule has 0 bridgehead atoms. The standard InChI is InChI=1S/C16H18N6O2/c1-24-13-5-3-2-4-12(13)22-14-11(20-16(22)23)9-18-15(21-14)19-10-6-7-17-8-10/h2-5,9-10,17H,6-8H2,1H3,(H,20,23)(H,18,19,21)/t10-/m0/s1. The van der Waals surface area contributed by atoms with Gasteiger partial charge in [-0.15, -0.1) is 0 Å². The van der Waals surface area contributed by atoms with Gasteiger partial charge in [-0.25, -0.2) is 14.3 Å². The summed E-state index contributed by atoms with van der Waals surface area (Å²) < 4.78 is 6.88. The van der Waals surface area contributed by atoms with Crippen molar-refractivity contribution in [2.45, 2.75) is 12.5 Å². The maximum absolute atomic E-state index is 12.4. The number of ether oxygens (including phenoxy) is 1. The van der Waals surface area contributed by atoms with E-state index in [-0.39, 0.29) is 5.69 Å². The molecule has 0 saturated carbocycles. The summed E-state index contributed by atoms with van der Waals surface area (Å²) in [4.78, 5) is 24.0. The highest BCUT2D eigenvalue weighted by Crippen LogP contribution is 2.23. The number of nitrogens with zero attached hydrogens (tertiary/aromatic N) is 3. The van der Waals surface area contributed by atoms with E-state index >= 15 is 0 Å². The van der Waals surface area contributed by atoms with Crippen LogP contribution < -0.4 is 21.1 Å². The zero-order valence-electron chi connectivity index (χ0n) is 13.2. The molecule has 1 aliphatic heterocycles. The topological polar surface area (TPSA) is 96.9 Å². The first-order valence-electron chi connectivity index (χ1n) is 7.84. The number of methoxy groups -OCH3 is 1. The van der Waals surface area contributed by atoms with E-state index in [4.69, 9.17) is 4.74 Å². The second-order valence-electron chi connectivity index (χ2n) is 5.70. The first-order valence-corrected chi connectivity index (χ1v) is 7.84. The molecule has 1 saturated heterocycles. The zero-order chi connectivity index (χ0) is 16.5. The molecule has 1 aromatic carbocycles. The van der Waals surface area contributed by atoms with Gasteiger partial charge in [0, 0.05) is 12.6 Å². The third-order valence-corrected chi connectivity index (χ3v) is 4.14. The van der Waals surface area contributed by atoms with E-state index in [2.05, 4.69) is 25.6 Å². The largest absolute Gasteiger partial charge is 0.495 e. The molecule has 1 atom stereocenters. The number of anilines is 1. The second kappa shape index (κ2) is 5.97. The van der Waals surface area contributed by atoms with Crippen LogP contribution in [0, 0.1) is 0 Å². The number of aromatic nitrogens is 4. The summed E-state index contributed by atoms with van der Waals surface area (Å²) in [6.45, 7) is 1.86. The highest BCUT2D eigenvalue weighted by molar-refractivity contribution is 5.74. The summed E-state index contributed by atoms with van der Waals surface area (Å²) in [7, 11) is 1.58. The number of nitrogens with one attached hydrogen (secondary N) is 3. The lowest BCUT2D eigenvalue weighted by molar-refractivity contribution is 0.413. The van der Waals surface area contributed by atoms with Crippen molar-refractivity contribution in [1.29, 1.82) is 0 Å². The Kier molecular flexibility index (Phi) is 3.66. The number of imidazole rings is 1. The fourth-order valence-corrected chi connectivity index (χ4v) is 2.97. The summed E-state index contributed by atoms with van der Waals surface area (Å²) in [5.74, 6) is 1.12. The Balaban J connectivity index is 1.82. The average Bonchev–Trinajstić information content (AvgIpc) is 3.21. The molecule has 8 nitrogen and oxygen atoms in total. The van der Waals surface area contributed by atoms with Crippen molar-refractivity contribution in [1.82, 2.24) is 24.8 Å². The Hall–Kier alpha value is -2.87. The SMILES string of the molecule is COc1ccccc1-n1c(=O)[nH]c2cnc(N[C@H]3CCNC3)nc21. The Morgan fingerprint density at radius 2 is 2.25 bits per heavy atom. The van der Waals surface area contributed by atoms with Gasteiger partial charge in [-0.05, 0) is 25.1 Å². The summed E-state index contributed by atoms with van der Waals surface area (Å²) in [5, 5.41) is 6.59. The number of H-pyrrole nitrogens is 1. The normalized spacial score (nSPS) is 17.3. The van der Waals surface area contributed by atoms with Crippen LogP contribution in [0.2, 0.25) is 0 Å². The van der Waals surface area contributed by atoms with Gasteiger partial charge in [-0.2, -0.15) is 4.98 Å². The smallest absolute Gasteiger partial charge is 0.332 e. The Labute approximate surface area is 137 Å². The minimum Gasteiger partial charge on any atom is -0.495 e. The molecule has 1 aliphatic rings.